The van der Waals surface area contributed by atoms with Crippen LogP contribution < -0.4 is 16.1 Å². The molecule has 4 atom stereocenters. The molecular weight excluding hydrogens is 341 g/mol. The number of halogens is 1. The number of carbonyl (C=O) groups excluding carboxylic acids is 1. The molecule has 3 N–H and O–H groups in total. The van der Waals surface area contributed by atoms with Crippen LogP contribution in [0.4, 0.5) is 4.39 Å². The molecule has 1 saturated carbocycles. The number of aromatic nitrogens is 1. The van der Waals surface area contributed by atoms with Crippen LogP contribution in [-0.4, -0.2) is 61.2 Å². The molecule has 26 heavy (non-hydrogen) atoms. The van der Waals surface area contributed by atoms with Gasteiger partial charge in [-0.05, 0) is 25.2 Å². The molecule has 2 aliphatic heterocycles. The van der Waals surface area contributed by atoms with Crippen molar-refractivity contribution in [2.45, 2.75) is 44.0 Å². The van der Waals surface area contributed by atoms with Gasteiger partial charge in [-0.3, -0.25) is 15.5 Å². The number of carbonyl (C=O) groups is 1. The Morgan fingerprint density at radius 2 is 2.35 bits per heavy atom. The summed E-state index contributed by atoms with van der Waals surface area (Å²) in [5.74, 6) is 0.698. The summed E-state index contributed by atoms with van der Waals surface area (Å²) < 4.78 is 24.2. The number of hydrazine groups is 1. The molecule has 1 aromatic heterocycles. The van der Waals surface area contributed by atoms with E-state index in [9.17, 15) is 9.18 Å². The summed E-state index contributed by atoms with van der Waals surface area (Å²) >= 11 is 0. The Morgan fingerprint density at radius 1 is 1.42 bits per heavy atom. The highest BCUT2D eigenvalue weighted by Crippen LogP contribution is 2.27. The second-order valence-corrected chi connectivity index (χ2v) is 7.44. The van der Waals surface area contributed by atoms with Gasteiger partial charge in [0.05, 0.1) is 12.8 Å². The Bertz CT molecular complexity index is 621. The Morgan fingerprint density at radius 3 is 3.15 bits per heavy atom. The van der Waals surface area contributed by atoms with Crippen molar-refractivity contribution in [2.24, 2.45) is 5.92 Å². The Balaban J connectivity index is 1.25. The van der Waals surface area contributed by atoms with E-state index in [1.54, 1.807) is 6.07 Å². The molecule has 8 nitrogen and oxygen atoms in total. The van der Waals surface area contributed by atoms with Gasteiger partial charge in [0.2, 0.25) is 0 Å². The molecule has 1 amide bonds. The fraction of sp³-hybridized carbons (Fsp3) is 0.765. The van der Waals surface area contributed by atoms with Crippen molar-refractivity contribution in [1.29, 1.82) is 0 Å². The summed E-state index contributed by atoms with van der Waals surface area (Å²) in [5, 5.41) is 12.0. The average molecular weight is 367 g/mol. The van der Waals surface area contributed by atoms with Crippen molar-refractivity contribution in [1.82, 2.24) is 26.2 Å². The highest BCUT2D eigenvalue weighted by atomic mass is 19.1. The lowest BCUT2D eigenvalue weighted by Gasteiger charge is -2.28. The highest BCUT2D eigenvalue weighted by Gasteiger charge is 2.30. The average Bonchev–Trinajstić information content (AvgIpc) is 3.36. The van der Waals surface area contributed by atoms with Gasteiger partial charge >= 0.3 is 0 Å². The van der Waals surface area contributed by atoms with E-state index in [0.717, 1.165) is 19.4 Å². The number of rotatable bonds is 5. The van der Waals surface area contributed by atoms with Gasteiger partial charge in [-0.1, -0.05) is 11.6 Å². The normalized spacial score (nSPS) is 32.8. The number of hydrogen-bond acceptors (Lipinski definition) is 7. The zero-order valence-electron chi connectivity index (χ0n) is 14.7. The molecule has 144 valence electrons. The van der Waals surface area contributed by atoms with Crippen LogP contribution in [0.25, 0.3) is 0 Å². The van der Waals surface area contributed by atoms with Gasteiger partial charge in [0.25, 0.3) is 5.91 Å². The van der Waals surface area contributed by atoms with Crippen molar-refractivity contribution in [2.75, 3.05) is 32.9 Å². The van der Waals surface area contributed by atoms with Gasteiger partial charge in [-0.25, -0.2) is 9.40 Å². The minimum Gasteiger partial charge on any atom is -0.358 e. The van der Waals surface area contributed by atoms with E-state index < -0.39 is 6.17 Å². The van der Waals surface area contributed by atoms with E-state index in [0.29, 0.717) is 50.9 Å². The lowest BCUT2D eigenvalue weighted by atomic mass is 9.88. The molecule has 3 heterocycles. The lowest BCUT2D eigenvalue weighted by molar-refractivity contribution is 0.0894. The largest absolute Gasteiger partial charge is 0.358 e. The van der Waals surface area contributed by atoms with Crippen molar-refractivity contribution in [3.05, 3.63) is 17.5 Å². The first-order chi connectivity index (χ1) is 12.7. The van der Waals surface area contributed by atoms with Gasteiger partial charge < -0.3 is 14.6 Å². The van der Waals surface area contributed by atoms with E-state index in [2.05, 4.69) is 26.2 Å². The summed E-state index contributed by atoms with van der Waals surface area (Å²) in [7, 11) is 0. The monoisotopic (exact) mass is 367 g/mol. The number of nitrogens with zero attached hydrogens (tertiary/aromatic N) is 2. The van der Waals surface area contributed by atoms with Crippen LogP contribution in [-0.2, 0) is 4.74 Å². The number of ether oxygens (including phenoxy) is 1. The van der Waals surface area contributed by atoms with E-state index in [1.807, 2.05) is 0 Å². The van der Waals surface area contributed by atoms with E-state index in [4.69, 9.17) is 9.26 Å². The van der Waals surface area contributed by atoms with Crippen LogP contribution in [0, 0.1) is 5.92 Å². The molecule has 3 fully saturated rings. The van der Waals surface area contributed by atoms with Crippen molar-refractivity contribution < 1.29 is 18.4 Å². The summed E-state index contributed by atoms with van der Waals surface area (Å²) in [4.78, 5) is 12.4. The lowest BCUT2D eigenvalue weighted by Crippen LogP contribution is -2.39. The molecule has 0 spiro atoms. The zero-order valence-corrected chi connectivity index (χ0v) is 14.7. The molecule has 3 aliphatic rings. The molecule has 1 aromatic rings. The summed E-state index contributed by atoms with van der Waals surface area (Å²) in [6, 6.07) is 1.63. The van der Waals surface area contributed by atoms with Gasteiger partial charge in [0.15, 0.2) is 11.5 Å². The third kappa shape index (κ3) is 4.22. The van der Waals surface area contributed by atoms with Crippen molar-refractivity contribution in [3.63, 3.8) is 0 Å². The standard InChI is InChI=1S/C17H26FN5O3/c18-12-3-1-2-11(4-12)8-23-9-13(6-20-23)21-17(24)14-5-15(26-22-14)16-7-19-10-25-16/h5,11-13,16,19-20H,1-4,6-10H2,(H,21,24). The summed E-state index contributed by atoms with van der Waals surface area (Å²) in [5.41, 5.74) is 3.56. The first-order valence-electron chi connectivity index (χ1n) is 9.39. The molecule has 1 aliphatic carbocycles. The van der Waals surface area contributed by atoms with Crippen molar-refractivity contribution >= 4 is 5.91 Å². The second kappa shape index (κ2) is 7.99. The zero-order chi connectivity index (χ0) is 17.9. The maximum Gasteiger partial charge on any atom is 0.273 e. The van der Waals surface area contributed by atoms with Gasteiger partial charge in [-0.15, -0.1) is 0 Å². The Hall–Kier alpha value is -1.55. The summed E-state index contributed by atoms with van der Waals surface area (Å²) in [6.07, 6.45) is 2.54. The van der Waals surface area contributed by atoms with Crippen LogP contribution in [0.5, 0.6) is 0 Å². The highest BCUT2D eigenvalue weighted by molar-refractivity contribution is 5.92. The Kier molecular flexibility index (Phi) is 5.49. The van der Waals surface area contributed by atoms with E-state index in [-0.39, 0.29) is 23.7 Å². The number of nitrogens with one attached hydrogen (secondary N) is 3. The molecule has 0 aromatic carbocycles. The molecule has 4 unspecified atom stereocenters. The van der Waals surface area contributed by atoms with Crippen LogP contribution in [0.3, 0.4) is 0 Å². The van der Waals surface area contributed by atoms with Crippen LogP contribution in [0.1, 0.15) is 48.0 Å². The van der Waals surface area contributed by atoms with Crippen LogP contribution >= 0.6 is 0 Å². The SMILES string of the molecule is O=C(NC1CNN(CC2CCCC(F)C2)C1)c1cc(C2CNCO2)on1. The maximum atomic E-state index is 13.5. The molecule has 9 heteroatoms. The smallest absolute Gasteiger partial charge is 0.273 e. The molecular formula is C17H26FN5O3. The predicted octanol–water partition coefficient (Wildman–Crippen LogP) is 0.740. The summed E-state index contributed by atoms with van der Waals surface area (Å²) in [6.45, 7) is 3.32. The quantitative estimate of drug-likeness (QED) is 0.707. The van der Waals surface area contributed by atoms with Gasteiger partial charge in [-0.2, -0.15) is 0 Å². The first-order valence-corrected chi connectivity index (χ1v) is 9.39. The molecule has 0 radical (unpaired) electrons. The fourth-order valence-electron chi connectivity index (χ4n) is 3.97. The minimum atomic E-state index is -0.660. The second-order valence-electron chi connectivity index (χ2n) is 7.44. The minimum absolute atomic E-state index is 0.00295. The third-order valence-electron chi connectivity index (χ3n) is 5.33. The third-order valence-corrected chi connectivity index (χ3v) is 5.33. The number of alkyl halides is 1. The number of amides is 1. The topological polar surface area (TPSA) is 91.7 Å². The van der Waals surface area contributed by atoms with Gasteiger partial charge in [0.1, 0.15) is 12.3 Å². The molecule has 2 saturated heterocycles. The van der Waals surface area contributed by atoms with E-state index >= 15 is 0 Å². The van der Waals surface area contributed by atoms with Crippen LogP contribution in [0.2, 0.25) is 0 Å². The maximum absolute atomic E-state index is 13.5. The Labute approximate surface area is 151 Å². The van der Waals surface area contributed by atoms with Gasteiger partial charge in [0, 0.05) is 32.2 Å². The first kappa shape index (κ1) is 17.8. The predicted molar refractivity (Wildman–Crippen MR) is 90.9 cm³/mol. The van der Waals surface area contributed by atoms with E-state index in [1.165, 1.54) is 0 Å². The molecule has 4 rings (SSSR count). The fourth-order valence-corrected chi connectivity index (χ4v) is 3.97. The van der Waals surface area contributed by atoms with Crippen molar-refractivity contribution in [3.8, 4) is 0 Å². The molecule has 0 bridgehead atoms. The number of hydrogen-bond donors (Lipinski definition) is 3. The van der Waals surface area contributed by atoms with Crippen LogP contribution in [0.15, 0.2) is 10.6 Å².